The van der Waals surface area contributed by atoms with Crippen LogP contribution < -0.4 is 10.6 Å². The van der Waals surface area contributed by atoms with Crippen molar-refractivity contribution in [2.75, 3.05) is 32.8 Å². The van der Waals surface area contributed by atoms with E-state index in [0.717, 1.165) is 25.1 Å². The number of nitrogens with zero attached hydrogens (tertiary/aromatic N) is 2. The zero-order chi connectivity index (χ0) is 14.9. The maximum absolute atomic E-state index is 8.93. The third kappa shape index (κ3) is 6.58. The fourth-order valence-corrected chi connectivity index (χ4v) is 3.58. The first-order valence-corrected chi connectivity index (χ1v) is 8.73. The lowest BCUT2D eigenvalue weighted by Gasteiger charge is -2.40. The van der Waals surface area contributed by atoms with Gasteiger partial charge >= 0.3 is 0 Å². The second-order valence-electron chi connectivity index (χ2n) is 6.25. The fraction of sp³-hybridized carbons (Fsp3) is 0.938. The third-order valence-corrected chi connectivity index (χ3v) is 4.60. The first-order chi connectivity index (χ1) is 10.3. The summed E-state index contributed by atoms with van der Waals surface area (Å²) < 4.78 is 0. The zero-order valence-electron chi connectivity index (χ0n) is 13.9. The Hall–Kier alpha value is -0.0800. The van der Waals surface area contributed by atoms with E-state index in [1.165, 1.54) is 51.5 Å². The molecule has 5 nitrogen and oxygen atoms in total. The predicted molar refractivity (Wildman–Crippen MR) is 103 cm³/mol. The molecule has 130 valence electrons. The molecule has 1 aliphatic heterocycles. The Labute approximate surface area is 152 Å². The first-order valence-electron chi connectivity index (χ1n) is 8.73. The molecule has 2 aliphatic rings. The summed E-state index contributed by atoms with van der Waals surface area (Å²) in [4.78, 5) is 7.08. The van der Waals surface area contributed by atoms with Crippen LogP contribution in [0.15, 0.2) is 4.99 Å². The van der Waals surface area contributed by atoms with E-state index in [-0.39, 0.29) is 30.6 Å². The summed E-state index contributed by atoms with van der Waals surface area (Å²) in [7, 11) is 0. The number of aliphatic hydroxyl groups is 1. The third-order valence-electron chi connectivity index (χ3n) is 4.60. The van der Waals surface area contributed by atoms with E-state index in [9.17, 15) is 0 Å². The van der Waals surface area contributed by atoms with Crippen LogP contribution in [0.2, 0.25) is 0 Å². The Morgan fingerprint density at radius 3 is 2.64 bits per heavy atom. The van der Waals surface area contributed by atoms with Crippen molar-refractivity contribution in [3.63, 3.8) is 0 Å². The van der Waals surface area contributed by atoms with Crippen LogP contribution >= 0.6 is 24.0 Å². The van der Waals surface area contributed by atoms with Gasteiger partial charge in [-0.25, -0.2) is 0 Å². The van der Waals surface area contributed by atoms with Gasteiger partial charge in [0.15, 0.2) is 5.96 Å². The van der Waals surface area contributed by atoms with Gasteiger partial charge in [0.2, 0.25) is 0 Å². The average Bonchev–Trinajstić information content (AvgIpc) is 2.54. The number of aliphatic hydroxyl groups excluding tert-OH is 1. The number of nitrogens with one attached hydrogen (secondary N) is 2. The molecule has 2 fully saturated rings. The van der Waals surface area contributed by atoms with Crippen molar-refractivity contribution in [3.8, 4) is 0 Å². The molecule has 0 bridgehead atoms. The minimum atomic E-state index is 0. The van der Waals surface area contributed by atoms with Crippen LogP contribution in [0, 0.1) is 0 Å². The second-order valence-corrected chi connectivity index (χ2v) is 6.25. The molecule has 0 amide bonds. The fourth-order valence-electron chi connectivity index (χ4n) is 3.58. The SMILES string of the molecule is CCNC(=NCCO)NC1CCCN(C2CCCCC2)C1.I. The lowest BCUT2D eigenvalue weighted by atomic mass is 9.92. The summed E-state index contributed by atoms with van der Waals surface area (Å²) >= 11 is 0. The standard InChI is InChI=1S/C16H32N4O.HI/c1-2-17-16(18-10-12-21)19-14-7-6-11-20(13-14)15-8-4-3-5-9-15;/h14-15,21H,2-13H2,1H3,(H2,17,18,19);1H. The highest BCUT2D eigenvalue weighted by atomic mass is 127. The molecule has 1 heterocycles. The number of likely N-dealkylation sites (tertiary alicyclic amines) is 1. The van der Waals surface area contributed by atoms with Crippen LogP contribution in [-0.4, -0.2) is 60.8 Å². The quantitative estimate of drug-likeness (QED) is 0.359. The van der Waals surface area contributed by atoms with Crippen LogP contribution in [0.1, 0.15) is 51.9 Å². The van der Waals surface area contributed by atoms with Gasteiger partial charge in [0, 0.05) is 25.2 Å². The largest absolute Gasteiger partial charge is 0.394 e. The number of halogens is 1. The number of guanidine groups is 1. The minimum Gasteiger partial charge on any atom is -0.394 e. The molecule has 0 aromatic heterocycles. The molecule has 0 aromatic carbocycles. The first kappa shape index (κ1) is 20.0. The maximum Gasteiger partial charge on any atom is 0.191 e. The smallest absolute Gasteiger partial charge is 0.191 e. The van der Waals surface area contributed by atoms with Gasteiger partial charge in [-0.1, -0.05) is 19.3 Å². The Bertz CT molecular complexity index is 321. The zero-order valence-corrected chi connectivity index (χ0v) is 16.2. The van der Waals surface area contributed by atoms with E-state index in [2.05, 4.69) is 27.4 Å². The Morgan fingerprint density at radius 1 is 1.18 bits per heavy atom. The van der Waals surface area contributed by atoms with Crippen molar-refractivity contribution < 1.29 is 5.11 Å². The van der Waals surface area contributed by atoms with Gasteiger partial charge in [-0.2, -0.15) is 0 Å². The molecule has 1 atom stereocenters. The molecular formula is C16H33IN4O. The normalized spacial score (nSPS) is 24.6. The average molecular weight is 424 g/mol. The van der Waals surface area contributed by atoms with E-state index < -0.39 is 0 Å². The lowest BCUT2D eigenvalue weighted by molar-refractivity contribution is 0.115. The minimum absolute atomic E-state index is 0. The van der Waals surface area contributed by atoms with E-state index in [4.69, 9.17) is 5.11 Å². The predicted octanol–water partition coefficient (Wildman–Crippen LogP) is 1.95. The highest BCUT2D eigenvalue weighted by Gasteiger charge is 2.27. The van der Waals surface area contributed by atoms with E-state index in [1.54, 1.807) is 0 Å². The molecule has 1 aliphatic carbocycles. The molecule has 0 spiro atoms. The topological polar surface area (TPSA) is 59.9 Å². The molecular weight excluding hydrogens is 391 g/mol. The molecule has 2 rings (SSSR count). The van der Waals surface area contributed by atoms with Crippen LogP contribution in [-0.2, 0) is 0 Å². The molecule has 3 N–H and O–H groups in total. The van der Waals surface area contributed by atoms with Gasteiger partial charge in [-0.15, -0.1) is 24.0 Å². The van der Waals surface area contributed by atoms with Crippen molar-refractivity contribution in [1.29, 1.82) is 0 Å². The van der Waals surface area contributed by atoms with Crippen molar-refractivity contribution in [2.24, 2.45) is 4.99 Å². The van der Waals surface area contributed by atoms with Crippen LogP contribution in [0.4, 0.5) is 0 Å². The van der Waals surface area contributed by atoms with Crippen molar-refractivity contribution in [3.05, 3.63) is 0 Å². The summed E-state index contributed by atoms with van der Waals surface area (Å²) in [5.41, 5.74) is 0. The van der Waals surface area contributed by atoms with Crippen molar-refractivity contribution >= 4 is 29.9 Å². The lowest BCUT2D eigenvalue weighted by Crippen LogP contribution is -2.53. The van der Waals surface area contributed by atoms with Crippen LogP contribution in [0.3, 0.4) is 0 Å². The van der Waals surface area contributed by atoms with Gasteiger partial charge in [0.1, 0.15) is 0 Å². The summed E-state index contributed by atoms with van der Waals surface area (Å²) in [6, 6.07) is 1.29. The van der Waals surface area contributed by atoms with E-state index in [0.29, 0.717) is 12.6 Å². The molecule has 22 heavy (non-hydrogen) atoms. The molecule has 1 saturated heterocycles. The Balaban J connectivity index is 0.00000242. The van der Waals surface area contributed by atoms with Gasteiger partial charge in [-0.3, -0.25) is 9.89 Å². The van der Waals surface area contributed by atoms with Crippen molar-refractivity contribution in [2.45, 2.75) is 64.0 Å². The van der Waals surface area contributed by atoms with Gasteiger partial charge < -0.3 is 15.7 Å². The van der Waals surface area contributed by atoms with Gasteiger partial charge in [0.05, 0.1) is 13.2 Å². The summed E-state index contributed by atoms with van der Waals surface area (Å²) in [5.74, 6) is 0.849. The Morgan fingerprint density at radius 2 is 1.95 bits per heavy atom. The van der Waals surface area contributed by atoms with Gasteiger partial charge in [0.25, 0.3) is 0 Å². The monoisotopic (exact) mass is 424 g/mol. The van der Waals surface area contributed by atoms with Crippen molar-refractivity contribution in [1.82, 2.24) is 15.5 Å². The number of hydrogen-bond donors (Lipinski definition) is 3. The molecule has 1 saturated carbocycles. The molecule has 0 aromatic rings. The van der Waals surface area contributed by atoms with Crippen LogP contribution in [0.5, 0.6) is 0 Å². The summed E-state index contributed by atoms with van der Waals surface area (Å²) in [6.07, 6.45) is 9.47. The number of hydrogen-bond acceptors (Lipinski definition) is 3. The van der Waals surface area contributed by atoms with E-state index >= 15 is 0 Å². The number of rotatable bonds is 5. The van der Waals surface area contributed by atoms with Gasteiger partial charge in [-0.05, 0) is 39.2 Å². The highest BCUT2D eigenvalue weighted by molar-refractivity contribution is 14.0. The number of aliphatic imine (C=N–C) groups is 1. The summed E-state index contributed by atoms with van der Waals surface area (Å²) in [6.45, 7) is 5.90. The second kappa shape index (κ2) is 11.5. The van der Waals surface area contributed by atoms with Crippen LogP contribution in [0.25, 0.3) is 0 Å². The number of piperidine rings is 1. The van der Waals surface area contributed by atoms with E-state index in [1.807, 2.05) is 0 Å². The molecule has 0 radical (unpaired) electrons. The molecule has 6 heteroatoms. The highest BCUT2D eigenvalue weighted by Crippen LogP contribution is 2.25. The maximum atomic E-state index is 8.93. The summed E-state index contributed by atoms with van der Waals surface area (Å²) in [5, 5.41) is 15.7. The Kier molecular flexibility index (Phi) is 10.4. The molecule has 1 unspecified atom stereocenters.